The van der Waals surface area contributed by atoms with E-state index in [1.807, 2.05) is 0 Å². The Bertz CT molecular complexity index is 354. The maximum Gasteiger partial charge on any atom is 0.318 e. The fourth-order valence-electron chi connectivity index (χ4n) is 2.10. The second-order valence-electron chi connectivity index (χ2n) is 4.71. The fourth-order valence-corrected chi connectivity index (χ4v) is 2.10. The molecular formula is C12H18N2O4. The Balaban J connectivity index is 1.92. The summed E-state index contributed by atoms with van der Waals surface area (Å²) < 4.78 is 5.11. The summed E-state index contributed by atoms with van der Waals surface area (Å²) in [5, 5.41) is 11.7. The van der Waals surface area contributed by atoms with Crippen molar-refractivity contribution in [2.75, 3.05) is 19.8 Å². The monoisotopic (exact) mass is 254 g/mol. The second kappa shape index (κ2) is 5.39. The number of carboxylic acid groups (broad SMARTS) is 1. The van der Waals surface area contributed by atoms with Gasteiger partial charge in [0.25, 0.3) is 0 Å². The van der Waals surface area contributed by atoms with Crippen LogP contribution >= 0.6 is 0 Å². The minimum Gasteiger partial charge on any atom is -0.481 e. The van der Waals surface area contributed by atoms with Crippen LogP contribution in [-0.2, 0) is 9.53 Å². The lowest BCUT2D eigenvalue weighted by atomic mass is 10.0. The van der Waals surface area contributed by atoms with Gasteiger partial charge in [0, 0.05) is 12.6 Å². The van der Waals surface area contributed by atoms with Crippen LogP contribution in [0.25, 0.3) is 0 Å². The summed E-state index contributed by atoms with van der Waals surface area (Å²) in [5.41, 5.74) is 0. The van der Waals surface area contributed by atoms with Crippen molar-refractivity contribution in [3.8, 4) is 0 Å². The van der Waals surface area contributed by atoms with Crippen molar-refractivity contribution >= 4 is 12.0 Å². The quantitative estimate of drug-likeness (QED) is 0.698. The van der Waals surface area contributed by atoms with E-state index in [1.54, 1.807) is 11.0 Å². The Morgan fingerprint density at radius 1 is 1.44 bits per heavy atom. The van der Waals surface area contributed by atoms with E-state index in [9.17, 15) is 9.59 Å². The Kier molecular flexibility index (Phi) is 3.86. The highest BCUT2D eigenvalue weighted by atomic mass is 16.5. The van der Waals surface area contributed by atoms with Crippen LogP contribution in [-0.4, -0.2) is 53.8 Å². The molecule has 100 valence electrons. The minimum absolute atomic E-state index is 0.158. The molecule has 2 atom stereocenters. The Hall–Kier alpha value is -1.56. The average Bonchev–Trinajstić information content (AvgIpc) is 3.05. The number of hydrogen-bond donors (Lipinski definition) is 2. The van der Waals surface area contributed by atoms with Gasteiger partial charge in [-0.05, 0) is 12.8 Å². The maximum absolute atomic E-state index is 12.1. The van der Waals surface area contributed by atoms with E-state index in [0.29, 0.717) is 6.54 Å². The fraction of sp³-hybridized carbons (Fsp3) is 0.667. The van der Waals surface area contributed by atoms with Crippen LogP contribution < -0.4 is 5.32 Å². The maximum atomic E-state index is 12.1. The van der Waals surface area contributed by atoms with Crippen molar-refractivity contribution in [1.29, 1.82) is 0 Å². The molecule has 1 saturated heterocycles. The molecule has 6 nitrogen and oxygen atoms in total. The van der Waals surface area contributed by atoms with Gasteiger partial charge in [0.05, 0.1) is 19.3 Å². The lowest BCUT2D eigenvalue weighted by Crippen LogP contribution is -2.49. The largest absolute Gasteiger partial charge is 0.481 e. The number of urea groups is 1. The van der Waals surface area contributed by atoms with Crippen LogP contribution in [0.3, 0.4) is 0 Å². The summed E-state index contributed by atoms with van der Waals surface area (Å²) in [7, 11) is 0. The zero-order chi connectivity index (χ0) is 13.1. The van der Waals surface area contributed by atoms with Gasteiger partial charge in [-0.2, -0.15) is 0 Å². The number of rotatable bonds is 5. The first-order valence-corrected chi connectivity index (χ1v) is 6.12. The third-order valence-electron chi connectivity index (χ3n) is 3.28. The van der Waals surface area contributed by atoms with Crippen molar-refractivity contribution < 1.29 is 19.4 Å². The molecule has 1 aliphatic carbocycles. The number of carboxylic acids is 1. The van der Waals surface area contributed by atoms with Gasteiger partial charge in [0.1, 0.15) is 5.92 Å². The molecule has 6 heteroatoms. The summed E-state index contributed by atoms with van der Waals surface area (Å²) in [6, 6.07) is -0.395. The normalized spacial score (nSPS) is 26.7. The molecule has 0 aromatic carbocycles. The van der Waals surface area contributed by atoms with Crippen LogP contribution in [0.1, 0.15) is 12.8 Å². The first-order valence-electron chi connectivity index (χ1n) is 6.12. The summed E-state index contributed by atoms with van der Waals surface area (Å²) in [4.78, 5) is 24.7. The van der Waals surface area contributed by atoms with E-state index in [0.717, 1.165) is 12.8 Å². The first-order chi connectivity index (χ1) is 8.63. The smallest absolute Gasteiger partial charge is 0.318 e. The predicted molar refractivity (Wildman–Crippen MR) is 64.2 cm³/mol. The number of hydrogen-bond acceptors (Lipinski definition) is 3. The van der Waals surface area contributed by atoms with Crippen LogP contribution in [0.4, 0.5) is 4.79 Å². The summed E-state index contributed by atoms with van der Waals surface area (Å²) >= 11 is 0. The second-order valence-corrected chi connectivity index (χ2v) is 4.71. The number of amides is 2. The number of carbonyl (C=O) groups is 2. The first kappa shape index (κ1) is 12.9. The molecule has 18 heavy (non-hydrogen) atoms. The minimum atomic E-state index is -0.931. The molecule has 1 saturated carbocycles. The van der Waals surface area contributed by atoms with E-state index >= 15 is 0 Å². The highest BCUT2D eigenvalue weighted by molar-refractivity contribution is 5.77. The van der Waals surface area contributed by atoms with Gasteiger partial charge in [0.15, 0.2) is 0 Å². The van der Waals surface area contributed by atoms with Crippen LogP contribution in [0.5, 0.6) is 0 Å². The molecule has 2 amide bonds. The Morgan fingerprint density at radius 3 is 2.72 bits per heavy atom. The molecule has 1 aliphatic heterocycles. The molecule has 2 N–H and O–H groups in total. The zero-order valence-electron chi connectivity index (χ0n) is 10.2. The molecule has 0 radical (unpaired) electrons. The molecule has 0 aromatic rings. The van der Waals surface area contributed by atoms with Crippen LogP contribution in [0, 0.1) is 5.92 Å². The Morgan fingerprint density at radius 2 is 2.17 bits per heavy atom. The molecule has 0 aromatic heterocycles. The molecule has 2 rings (SSSR count). The van der Waals surface area contributed by atoms with Crippen LogP contribution in [0.2, 0.25) is 0 Å². The standard InChI is InChI=1S/C12H18N2O4/c1-2-5-14(8-3-4-8)12(17)13-10-7-18-6-9(10)11(15)16/h2,8-10H,1,3-7H2,(H,13,17)(H,15,16). The Labute approximate surface area is 106 Å². The average molecular weight is 254 g/mol. The van der Waals surface area contributed by atoms with E-state index in [1.165, 1.54) is 0 Å². The summed E-state index contributed by atoms with van der Waals surface area (Å²) in [6.45, 7) is 4.53. The lowest BCUT2D eigenvalue weighted by molar-refractivity contribution is -0.142. The van der Waals surface area contributed by atoms with Crippen LogP contribution in [0.15, 0.2) is 12.7 Å². The molecule has 2 fully saturated rings. The number of ether oxygens (including phenoxy) is 1. The third-order valence-corrected chi connectivity index (χ3v) is 3.28. The molecule has 0 bridgehead atoms. The van der Waals surface area contributed by atoms with E-state index in [-0.39, 0.29) is 25.3 Å². The van der Waals surface area contributed by atoms with Crippen molar-refractivity contribution in [3.63, 3.8) is 0 Å². The van der Waals surface area contributed by atoms with E-state index in [4.69, 9.17) is 9.84 Å². The number of nitrogens with zero attached hydrogens (tertiary/aromatic N) is 1. The molecule has 0 spiro atoms. The molecule has 2 unspecified atom stereocenters. The number of carbonyl (C=O) groups excluding carboxylic acids is 1. The predicted octanol–water partition coefficient (Wildman–Crippen LogP) is 0.446. The van der Waals surface area contributed by atoms with Crippen molar-refractivity contribution in [2.24, 2.45) is 5.92 Å². The van der Waals surface area contributed by atoms with E-state index < -0.39 is 17.9 Å². The van der Waals surface area contributed by atoms with Gasteiger partial charge in [0.2, 0.25) is 0 Å². The van der Waals surface area contributed by atoms with Gasteiger partial charge in [-0.3, -0.25) is 4.79 Å². The summed E-state index contributed by atoms with van der Waals surface area (Å²) in [5.74, 6) is -1.58. The van der Waals surface area contributed by atoms with Gasteiger partial charge in [-0.25, -0.2) is 4.79 Å². The molecular weight excluding hydrogens is 236 g/mol. The number of aliphatic carboxylic acids is 1. The SMILES string of the molecule is C=CCN(C(=O)NC1COCC1C(=O)O)C1CC1. The van der Waals surface area contributed by atoms with E-state index in [2.05, 4.69) is 11.9 Å². The van der Waals surface area contributed by atoms with Crippen molar-refractivity contribution in [3.05, 3.63) is 12.7 Å². The van der Waals surface area contributed by atoms with Gasteiger partial charge >= 0.3 is 12.0 Å². The molecule has 2 aliphatic rings. The molecule has 1 heterocycles. The summed E-state index contributed by atoms with van der Waals surface area (Å²) in [6.07, 6.45) is 3.69. The van der Waals surface area contributed by atoms with Gasteiger partial charge in [-0.1, -0.05) is 6.08 Å². The lowest BCUT2D eigenvalue weighted by Gasteiger charge is -2.24. The highest BCUT2D eigenvalue weighted by Crippen LogP contribution is 2.27. The van der Waals surface area contributed by atoms with Gasteiger partial charge in [-0.15, -0.1) is 6.58 Å². The zero-order valence-corrected chi connectivity index (χ0v) is 10.2. The van der Waals surface area contributed by atoms with Crippen molar-refractivity contribution in [2.45, 2.75) is 24.9 Å². The third kappa shape index (κ3) is 2.81. The highest BCUT2D eigenvalue weighted by Gasteiger charge is 2.38. The number of nitrogens with one attached hydrogen (secondary N) is 1. The van der Waals surface area contributed by atoms with Gasteiger partial charge < -0.3 is 20.1 Å². The van der Waals surface area contributed by atoms with Crippen molar-refractivity contribution in [1.82, 2.24) is 10.2 Å². The topological polar surface area (TPSA) is 78.9 Å².